The smallest absolute Gasteiger partial charge is 0.176 e. The van der Waals surface area contributed by atoms with Crippen LogP contribution in [0.15, 0.2) is 85.5 Å². The molecule has 0 saturated heterocycles. The molecule has 160 valence electrons. The van der Waals surface area contributed by atoms with Gasteiger partial charge in [0.1, 0.15) is 0 Å². The summed E-state index contributed by atoms with van der Waals surface area (Å²) in [6.45, 7) is 3.76. The van der Waals surface area contributed by atoms with Gasteiger partial charge in [-0.1, -0.05) is 36.4 Å². The van der Waals surface area contributed by atoms with E-state index in [0.29, 0.717) is 0 Å². The third-order valence-corrected chi connectivity index (χ3v) is 7.08. The van der Waals surface area contributed by atoms with E-state index in [0.717, 1.165) is 49.3 Å². The van der Waals surface area contributed by atoms with Crippen LogP contribution in [0.5, 0.6) is 0 Å². The number of thioether (sulfide) groups is 2. The lowest BCUT2D eigenvalue weighted by molar-refractivity contribution is -0.691. The first-order chi connectivity index (χ1) is 15.4. The number of rotatable bonds is 12. The van der Waals surface area contributed by atoms with Crippen LogP contribution in [0, 0.1) is 0 Å². The number of ether oxygens (including phenoxy) is 1. The molecule has 0 aliphatic rings. The summed E-state index contributed by atoms with van der Waals surface area (Å²) in [5, 5.41) is 5.20. The number of pyridine rings is 2. The average Bonchev–Trinajstić information content (AvgIpc) is 2.82. The average molecular weight is 451 g/mol. The fraction of sp³-hybridized carbons (Fsp3) is 0.308. The normalized spacial score (nSPS) is 11.4. The third-order valence-electron chi connectivity index (χ3n) is 5.22. The van der Waals surface area contributed by atoms with Gasteiger partial charge in [-0.05, 0) is 22.9 Å². The zero-order valence-corrected chi connectivity index (χ0v) is 19.5. The maximum absolute atomic E-state index is 5.80. The zero-order valence-electron chi connectivity index (χ0n) is 17.9. The van der Waals surface area contributed by atoms with Gasteiger partial charge < -0.3 is 4.74 Å². The summed E-state index contributed by atoms with van der Waals surface area (Å²) in [5.74, 6) is 4.35. The van der Waals surface area contributed by atoms with Crippen LogP contribution >= 0.6 is 23.5 Å². The molecule has 31 heavy (non-hydrogen) atoms. The molecule has 2 aromatic carbocycles. The minimum Gasteiger partial charge on any atom is -0.380 e. The Balaban J connectivity index is 1.02. The van der Waals surface area contributed by atoms with Crippen LogP contribution in [0.4, 0.5) is 0 Å². The van der Waals surface area contributed by atoms with Gasteiger partial charge in [0, 0.05) is 34.4 Å². The minimum atomic E-state index is 0.840. The molecule has 0 aliphatic carbocycles. The molecule has 0 bridgehead atoms. The monoisotopic (exact) mass is 450 g/mol. The largest absolute Gasteiger partial charge is 0.380 e. The molecule has 0 radical (unpaired) electrons. The van der Waals surface area contributed by atoms with E-state index in [4.69, 9.17) is 4.74 Å². The predicted octanol–water partition coefficient (Wildman–Crippen LogP) is 4.75. The van der Waals surface area contributed by atoms with E-state index < -0.39 is 0 Å². The highest BCUT2D eigenvalue weighted by molar-refractivity contribution is 7.99. The molecule has 3 nitrogen and oxygen atoms in total. The van der Waals surface area contributed by atoms with E-state index in [9.17, 15) is 0 Å². The SMILES string of the molecule is c1ccc2c[n+](CCSCCOCCSCC[n+]3ccc4ccccc4c3)ccc2c1. The Morgan fingerprint density at radius 1 is 0.548 bits per heavy atom. The Morgan fingerprint density at radius 2 is 1.00 bits per heavy atom. The van der Waals surface area contributed by atoms with E-state index in [1.54, 1.807) is 0 Å². The molecular weight excluding hydrogens is 420 g/mol. The van der Waals surface area contributed by atoms with Crippen LogP contribution in [0.25, 0.3) is 21.5 Å². The highest BCUT2D eigenvalue weighted by Crippen LogP contribution is 2.11. The Bertz CT molecular complexity index is 1020. The lowest BCUT2D eigenvalue weighted by Crippen LogP contribution is -2.34. The number of fused-ring (bicyclic) bond motifs is 2. The Kier molecular flexibility index (Phi) is 8.62. The van der Waals surface area contributed by atoms with Crippen LogP contribution in [-0.4, -0.2) is 36.2 Å². The van der Waals surface area contributed by atoms with Crippen molar-refractivity contribution in [1.29, 1.82) is 0 Å². The molecule has 4 rings (SSSR count). The fourth-order valence-electron chi connectivity index (χ4n) is 3.52. The van der Waals surface area contributed by atoms with E-state index in [1.807, 2.05) is 23.5 Å². The molecule has 5 heteroatoms. The van der Waals surface area contributed by atoms with Crippen LogP contribution in [0.3, 0.4) is 0 Å². The van der Waals surface area contributed by atoms with E-state index >= 15 is 0 Å². The van der Waals surface area contributed by atoms with Crippen molar-refractivity contribution >= 4 is 45.1 Å². The van der Waals surface area contributed by atoms with E-state index in [2.05, 4.69) is 94.6 Å². The molecule has 0 unspecified atom stereocenters. The second kappa shape index (κ2) is 12.1. The maximum atomic E-state index is 5.80. The van der Waals surface area contributed by atoms with Crippen molar-refractivity contribution in [1.82, 2.24) is 0 Å². The van der Waals surface area contributed by atoms with Crippen molar-refractivity contribution in [2.24, 2.45) is 0 Å². The summed E-state index contributed by atoms with van der Waals surface area (Å²) in [6, 6.07) is 21.4. The standard InChI is InChI=1S/C26H30N2OS2/c1-3-7-25-21-27(11-9-23(25)5-1)13-17-30-19-15-29-16-20-31-18-14-28-12-10-24-6-2-4-8-26(24)22-28/h1-12,21-22H,13-20H2/q+2. The highest BCUT2D eigenvalue weighted by Gasteiger charge is 2.04. The van der Waals surface area contributed by atoms with Crippen LogP contribution in [0.2, 0.25) is 0 Å². The van der Waals surface area contributed by atoms with Crippen molar-refractivity contribution in [2.75, 3.05) is 36.2 Å². The van der Waals surface area contributed by atoms with Crippen LogP contribution < -0.4 is 9.13 Å². The molecule has 2 aromatic heterocycles. The van der Waals surface area contributed by atoms with Crippen molar-refractivity contribution in [3.05, 3.63) is 85.5 Å². The summed E-state index contributed by atoms with van der Waals surface area (Å²) in [6.07, 6.45) is 8.82. The summed E-state index contributed by atoms with van der Waals surface area (Å²) < 4.78 is 10.4. The minimum absolute atomic E-state index is 0.840. The van der Waals surface area contributed by atoms with Gasteiger partial charge in [0.2, 0.25) is 0 Å². The molecule has 0 saturated carbocycles. The third kappa shape index (κ3) is 6.96. The molecule has 0 fully saturated rings. The molecule has 2 heterocycles. The van der Waals surface area contributed by atoms with E-state index in [1.165, 1.54) is 21.5 Å². The first-order valence-electron chi connectivity index (χ1n) is 10.9. The predicted molar refractivity (Wildman–Crippen MR) is 134 cm³/mol. The van der Waals surface area contributed by atoms with Crippen molar-refractivity contribution in [3.8, 4) is 0 Å². The summed E-state index contributed by atoms with van der Waals surface area (Å²) >= 11 is 3.93. The highest BCUT2D eigenvalue weighted by atomic mass is 32.2. The quantitative estimate of drug-likeness (QED) is 0.229. The van der Waals surface area contributed by atoms with Crippen molar-refractivity contribution in [3.63, 3.8) is 0 Å². The second-order valence-corrected chi connectivity index (χ2v) is 9.91. The van der Waals surface area contributed by atoms with Crippen LogP contribution in [0.1, 0.15) is 0 Å². The van der Waals surface area contributed by atoms with Gasteiger partial charge in [-0.15, -0.1) is 0 Å². The summed E-state index contributed by atoms with van der Waals surface area (Å²) in [4.78, 5) is 0. The molecule has 0 N–H and O–H groups in total. The molecule has 0 aliphatic heterocycles. The van der Waals surface area contributed by atoms with Gasteiger partial charge in [-0.25, -0.2) is 9.13 Å². The van der Waals surface area contributed by atoms with Gasteiger partial charge in [0.05, 0.1) is 24.7 Å². The first kappa shape index (κ1) is 22.1. The number of aromatic nitrogens is 2. The molecule has 0 spiro atoms. The van der Waals surface area contributed by atoms with Gasteiger partial charge in [-0.3, -0.25) is 0 Å². The maximum Gasteiger partial charge on any atom is 0.176 e. The van der Waals surface area contributed by atoms with Crippen LogP contribution in [-0.2, 0) is 17.8 Å². The second-order valence-electron chi connectivity index (χ2n) is 7.46. The Morgan fingerprint density at radius 3 is 1.48 bits per heavy atom. The zero-order chi connectivity index (χ0) is 21.1. The van der Waals surface area contributed by atoms with Gasteiger partial charge in [-0.2, -0.15) is 23.5 Å². The molecule has 0 atom stereocenters. The summed E-state index contributed by atoms with van der Waals surface area (Å²) in [7, 11) is 0. The Hall–Kier alpha value is -2.08. The molecular formula is C26H30N2OS2+2. The molecule has 0 amide bonds. The topological polar surface area (TPSA) is 17.0 Å². The lowest BCUT2D eigenvalue weighted by atomic mass is 10.2. The van der Waals surface area contributed by atoms with Gasteiger partial charge in [0.25, 0.3) is 0 Å². The van der Waals surface area contributed by atoms with Gasteiger partial charge >= 0.3 is 0 Å². The van der Waals surface area contributed by atoms with Gasteiger partial charge in [0.15, 0.2) is 37.9 Å². The number of benzene rings is 2. The number of nitrogens with zero attached hydrogens (tertiary/aromatic N) is 2. The Labute approximate surface area is 193 Å². The number of aryl methyl sites for hydroxylation is 2. The lowest BCUT2D eigenvalue weighted by Gasteiger charge is -2.04. The summed E-state index contributed by atoms with van der Waals surface area (Å²) in [5.41, 5.74) is 0. The molecule has 4 aromatic rings. The van der Waals surface area contributed by atoms with Crippen molar-refractivity contribution in [2.45, 2.75) is 13.1 Å². The number of hydrogen-bond acceptors (Lipinski definition) is 3. The first-order valence-corrected chi connectivity index (χ1v) is 13.2. The fourth-order valence-corrected chi connectivity index (χ4v) is 5.08. The van der Waals surface area contributed by atoms with E-state index in [-0.39, 0.29) is 0 Å². The number of hydrogen-bond donors (Lipinski definition) is 0. The van der Waals surface area contributed by atoms with Crippen molar-refractivity contribution < 1.29 is 13.9 Å².